The molecule has 2 aromatic carbocycles. The van der Waals surface area contributed by atoms with Crippen LogP contribution in [0.4, 0.5) is 36.4 Å². The van der Waals surface area contributed by atoms with E-state index in [1.807, 2.05) is 13.0 Å². The first kappa shape index (κ1) is 25.1. The van der Waals surface area contributed by atoms with Crippen molar-refractivity contribution in [2.75, 3.05) is 28.6 Å². The lowest BCUT2D eigenvalue weighted by atomic mass is 10.1. The van der Waals surface area contributed by atoms with Gasteiger partial charge < -0.3 is 15.5 Å². The molecule has 11 heteroatoms. The molecule has 2 N–H and O–H groups in total. The van der Waals surface area contributed by atoms with E-state index in [2.05, 4.69) is 35.5 Å². The lowest BCUT2D eigenvalue weighted by Gasteiger charge is -2.17. The number of aryl methyl sites for hydroxylation is 1. The predicted octanol–water partition coefficient (Wildman–Crippen LogP) is 5.86. The van der Waals surface area contributed by atoms with Crippen LogP contribution in [0.2, 0.25) is 0 Å². The molecular formula is C27H24F3N7O. The maximum atomic E-state index is 13.1. The van der Waals surface area contributed by atoms with Crippen LogP contribution < -0.4 is 15.5 Å². The van der Waals surface area contributed by atoms with E-state index in [4.69, 9.17) is 0 Å². The molecule has 8 nitrogen and oxygen atoms in total. The Labute approximate surface area is 217 Å². The summed E-state index contributed by atoms with van der Waals surface area (Å²) in [6, 6.07) is 13.1. The van der Waals surface area contributed by atoms with E-state index in [0.717, 1.165) is 49.2 Å². The Kier molecular flexibility index (Phi) is 6.91. The van der Waals surface area contributed by atoms with Crippen molar-refractivity contribution in [3.05, 3.63) is 83.7 Å². The summed E-state index contributed by atoms with van der Waals surface area (Å²) < 4.78 is 39.2. The van der Waals surface area contributed by atoms with Gasteiger partial charge in [-0.2, -0.15) is 28.1 Å². The number of rotatable bonds is 6. The summed E-state index contributed by atoms with van der Waals surface area (Å²) in [5.74, 6) is 0.777. The number of nitrogens with one attached hydrogen (secondary N) is 2. The van der Waals surface area contributed by atoms with Gasteiger partial charge in [0.1, 0.15) is 0 Å². The van der Waals surface area contributed by atoms with Crippen LogP contribution in [0.5, 0.6) is 0 Å². The van der Waals surface area contributed by atoms with Gasteiger partial charge in [0, 0.05) is 48.0 Å². The molecule has 0 unspecified atom stereocenters. The van der Waals surface area contributed by atoms with Gasteiger partial charge in [0.15, 0.2) is 5.82 Å². The molecule has 2 aromatic heterocycles. The summed E-state index contributed by atoms with van der Waals surface area (Å²) in [5, 5.41) is 5.73. The second kappa shape index (κ2) is 10.4. The van der Waals surface area contributed by atoms with Gasteiger partial charge in [-0.25, -0.2) is 0 Å². The molecule has 1 aliphatic rings. The number of carbonyl (C=O) groups excluding carboxylic acids is 1. The fourth-order valence-corrected chi connectivity index (χ4v) is 4.10. The van der Waals surface area contributed by atoms with Gasteiger partial charge in [-0.3, -0.25) is 9.78 Å². The Hall–Kier alpha value is -4.54. The van der Waals surface area contributed by atoms with Crippen LogP contribution in [0.1, 0.15) is 34.3 Å². The number of halogens is 3. The maximum absolute atomic E-state index is 13.1. The molecule has 0 atom stereocenters. The summed E-state index contributed by atoms with van der Waals surface area (Å²) in [5.41, 5.74) is 1.62. The number of anilines is 4. The summed E-state index contributed by atoms with van der Waals surface area (Å²) in [7, 11) is 0. The molecule has 0 bridgehead atoms. The van der Waals surface area contributed by atoms with Crippen molar-refractivity contribution in [2.24, 2.45) is 0 Å². The predicted molar refractivity (Wildman–Crippen MR) is 138 cm³/mol. The van der Waals surface area contributed by atoms with Crippen molar-refractivity contribution in [3.8, 4) is 11.4 Å². The molecule has 194 valence electrons. The number of amides is 1. The van der Waals surface area contributed by atoms with Gasteiger partial charge in [0.05, 0.1) is 5.56 Å². The summed E-state index contributed by atoms with van der Waals surface area (Å²) in [6.45, 7) is 3.56. The molecule has 4 aromatic rings. The number of alkyl halides is 3. The molecule has 3 heterocycles. The monoisotopic (exact) mass is 519 g/mol. The third-order valence-corrected chi connectivity index (χ3v) is 6.13. The number of carbonyl (C=O) groups is 1. The zero-order valence-corrected chi connectivity index (χ0v) is 20.5. The van der Waals surface area contributed by atoms with E-state index in [0.29, 0.717) is 23.4 Å². The molecule has 5 rings (SSSR count). The van der Waals surface area contributed by atoms with Crippen molar-refractivity contribution in [1.82, 2.24) is 19.9 Å². The normalized spacial score (nSPS) is 13.4. The first-order chi connectivity index (χ1) is 18.3. The van der Waals surface area contributed by atoms with E-state index < -0.39 is 17.6 Å². The van der Waals surface area contributed by atoms with Crippen molar-refractivity contribution >= 4 is 29.2 Å². The van der Waals surface area contributed by atoms with Gasteiger partial charge in [-0.05, 0) is 67.8 Å². The van der Waals surface area contributed by atoms with Gasteiger partial charge in [0.2, 0.25) is 11.9 Å². The minimum Gasteiger partial charge on any atom is -0.341 e. The van der Waals surface area contributed by atoms with Crippen LogP contribution in [0.15, 0.2) is 67.0 Å². The Morgan fingerprint density at radius 1 is 0.974 bits per heavy atom. The topological polar surface area (TPSA) is 95.9 Å². The van der Waals surface area contributed by atoms with E-state index in [1.54, 1.807) is 36.7 Å². The minimum atomic E-state index is -4.51. The lowest BCUT2D eigenvalue weighted by Crippen LogP contribution is -2.21. The molecular weight excluding hydrogens is 495 g/mol. The highest BCUT2D eigenvalue weighted by Crippen LogP contribution is 2.31. The molecule has 0 spiro atoms. The number of hydrogen-bond acceptors (Lipinski definition) is 7. The van der Waals surface area contributed by atoms with Crippen LogP contribution in [-0.4, -0.2) is 38.9 Å². The maximum Gasteiger partial charge on any atom is 0.416 e. The first-order valence-corrected chi connectivity index (χ1v) is 12.0. The molecule has 1 saturated heterocycles. The molecule has 1 aliphatic heterocycles. The highest BCUT2D eigenvalue weighted by atomic mass is 19.4. The van der Waals surface area contributed by atoms with Crippen LogP contribution in [0.3, 0.4) is 0 Å². The standard InChI is InChI=1S/C27H24F3N7O/c1-17-9-10-18(24(38)32-21-8-4-7-20(15-21)27(28,29)30)14-22(17)33-25-34-23(19-6-5-11-31-16-19)35-26(36-25)37-12-2-3-13-37/h4-11,14-16H,2-3,12-13H2,1H3,(H,32,38)(H,33,34,35,36). The zero-order valence-electron chi connectivity index (χ0n) is 20.5. The fourth-order valence-electron chi connectivity index (χ4n) is 4.10. The van der Waals surface area contributed by atoms with Crippen LogP contribution in [-0.2, 0) is 6.18 Å². The fraction of sp³-hybridized carbons (Fsp3) is 0.222. The Morgan fingerprint density at radius 2 is 1.79 bits per heavy atom. The number of benzene rings is 2. The molecule has 38 heavy (non-hydrogen) atoms. The van der Waals surface area contributed by atoms with E-state index in [1.165, 1.54) is 12.1 Å². The van der Waals surface area contributed by atoms with Crippen molar-refractivity contribution in [3.63, 3.8) is 0 Å². The average Bonchev–Trinajstić information content (AvgIpc) is 3.45. The number of aromatic nitrogens is 4. The first-order valence-electron chi connectivity index (χ1n) is 12.0. The lowest BCUT2D eigenvalue weighted by molar-refractivity contribution is -0.137. The molecule has 1 fully saturated rings. The smallest absolute Gasteiger partial charge is 0.341 e. The molecule has 1 amide bonds. The van der Waals surface area contributed by atoms with E-state index in [9.17, 15) is 18.0 Å². The van der Waals surface area contributed by atoms with Crippen molar-refractivity contribution < 1.29 is 18.0 Å². The van der Waals surface area contributed by atoms with Crippen molar-refractivity contribution in [1.29, 1.82) is 0 Å². The Bertz CT molecular complexity index is 1450. The van der Waals surface area contributed by atoms with Gasteiger partial charge in [-0.15, -0.1) is 0 Å². The largest absolute Gasteiger partial charge is 0.416 e. The zero-order chi connectivity index (χ0) is 26.7. The average molecular weight is 520 g/mol. The van der Waals surface area contributed by atoms with Gasteiger partial charge >= 0.3 is 6.18 Å². The van der Waals surface area contributed by atoms with E-state index >= 15 is 0 Å². The Morgan fingerprint density at radius 3 is 2.53 bits per heavy atom. The Balaban J connectivity index is 1.42. The molecule has 0 saturated carbocycles. The second-order valence-corrected chi connectivity index (χ2v) is 8.91. The van der Waals surface area contributed by atoms with Crippen LogP contribution >= 0.6 is 0 Å². The summed E-state index contributed by atoms with van der Waals surface area (Å²) >= 11 is 0. The molecule has 0 aliphatic carbocycles. The summed E-state index contributed by atoms with van der Waals surface area (Å²) in [4.78, 5) is 33.0. The van der Waals surface area contributed by atoms with Gasteiger partial charge in [-0.1, -0.05) is 12.1 Å². The number of hydrogen-bond donors (Lipinski definition) is 2. The second-order valence-electron chi connectivity index (χ2n) is 8.91. The highest BCUT2D eigenvalue weighted by molar-refractivity contribution is 6.05. The summed E-state index contributed by atoms with van der Waals surface area (Å²) in [6.07, 6.45) is 0.952. The third-order valence-electron chi connectivity index (χ3n) is 6.13. The minimum absolute atomic E-state index is 0.0498. The van der Waals surface area contributed by atoms with E-state index in [-0.39, 0.29) is 11.3 Å². The van der Waals surface area contributed by atoms with Crippen LogP contribution in [0.25, 0.3) is 11.4 Å². The number of pyridine rings is 1. The SMILES string of the molecule is Cc1ccc(C(=O)Nc2cccc(C(F)(F)F)c2)cc1Nc1nc(-c2cccnc2)nc(N2CCCC2)n1. The third kappa shape index (κ3) is 5.72. The highest BCUT2D eigenvalue weighted by Gasteiger charge is 2.30. The van der Waals surface area contributed by atoms with Crippen LogP contribution in [0, 0.1) is 6.92 Å². The molecule has 0 radical (unpaired) electrons. The quantitative estimate of drug-likeness (QED) is 0.330. The van der Waals surface area contributed by atoms with Gasteiger partial charge in [0.25, 0.3) is 5.91 Å². The number of nitrogens with zero attached hydrogens (tertiary/aromatic N) is 5. The van der Waals surface area contributed by atoms with Crippen molar-refractivity contribution in [2.45, 2.75) is 25.9 Å².